The molecule has 0 radical (unpaired) electrons. The van der Waals surface area contributed by atoms with Gasteiger partial charge < -0.3 is 19.5 Å². The number of rotatable bonds is 4. The zero-order valence-corrected chi connectivity index (χ0v) is 18.3. The van der Waals surface area contributed by atoms with E-state index >= 15 is 0 Å². The molecule has 3 heterocycles. The standard InChI is InChI=1S/C24H27ClN4O2/c25-18-8-9-21(28-12-4-1-5-13-28)20(16-18)26-23(30)17-10-14-29(15-11-17)24-27-19-6-2-3-7-22(19)31-24/h2-3,6-9,16-17H,1,4-5,10-15H2,(H,26,30). The van der Waals surface area contributed by atoms with Crippen molar-refractivity contribution in [2.45, 2.75) is 32.1 Å². The number of hydrogen-bond acceptors (Lipinski definition) is 5. The Balaban J connectivity index is 1.24. The summed E-state index contributed by atoms with van der Waals surface area (Å²) in [6.45, 7) is 3.54. The number of nitrogens with zero attached hydrogens (tertiary/aromatic N) is 3. The van der Waals surface area contributed by atoms with Crippen molar-refractivity contribution in [1.29, 1.82) is 0 Å². The average molecular weight is 439 g/mol. The van der Waals surface area contributed by atoms with Gasteiger partial charge in [-0.25, -0.2) is 0 Å². The lowest BCUT2D eigenvalue weighted by Crippen LogP contribution is -2.38. The number of amides is 1. The summed E-state index contributed by atoms with van der Waals surface area (Å²) >= 11 is 6.25. The molecule has 1 amide bonds. The number of carbonyl (C=O) groups excluding carboxylic acids is 1. The molecule has 2 fully saturated rings. The lowest BCUT2D eigenvalue weighted by Gasteiger charge is -2.32. The van der Waals surface area contributed by atoms with Crippen molar-refractivity contribution >= 4 is 46.0 Å². The summed E-state index contributed by atoms with van der Waals surface area (Å²) in [6.07, 6.45) is 5.17. The molecule has 2 aliphatic rings. The first-order chi connectivity index (χ1) is 15.2. The summed E-state index contributed by atoms with van der Waals surface area (Å²) in [7, 11) is 0. The third-order valence-electron chi connectivity index (χ3n) is 6.33. The topological polar surface area (TPSA) is 61.6 Å². The summed E-state index contributed by atoms with van der Waals surface area (Å²) < 4.78 is 5.89. The summed E-state index contributed by atoms with van der Waals surface area (Å²) in [4.78, 5) is 22.1. The number of carbonyl (C=O) groups is 1. The van der Waals surface area contributed by atoms with Gasteiger partial charge in [0.2, 0.25) is 5.91 Å². The molecule has 7 heteroatoms. The van der Waals surface area contributed by atoms with Crippen LogP contribution in [-0.4, -0.2) is 37.1 Å². The fraction of sp³-hybridized carbons (Fsp3) is 0.417. The fourth-order valence-electron chi connectivity index (χ4n) is 4.58. The van der Waals surface area contributed by atoms with E-state index in [1.54, 1.807) is 0 Å². The molecule has 1 aromatic heterocycles. The monoisotopic (exact) mass is 438 g/mol. The number of fused-ring (bicyclic) bond motifs is 1. The van der Waals surface area contributed by atoms with E-state index in [9.17, 15) is 4.79 Å². The van der Waals surface area contributed by atoms with Gasteiger partial charge in [0.15, 0.2) is 5.58 Å². The van der Waals surface area contributed by atoms with E-state index < -0.39 is 0 Å². The molecule has 5 rings (SSSR count). The smallest absolute Gasteiger partial charge is 0.298 e. The Kier molecular flexibility index (Phi) is 5.72. The predicted molar refractivity (Wildman–Crippen MR) is 125 cm³/mol. The lowest BCUT2D eigenvalue weighted by atomic mass is 9.96. The Morgan fingerprint density at radius 1 is 1.00 bits per heavy atom. The number of piperidine rings is 2. The van der Waals surface area contributed by atoms with Crippen LogP contribution in [0.3, 0.4) is 0 Å². The number of benzene rings is 2. The molecular formula is C24H27ClN4O2. The maximum atomic E-state index is 13.1. The number of halogens is 1. The first-order valence-electron chi connectivity index (χ1n) is 11.1. The molecule has 2 saturated heterocycles. The van der Waals surface area contributed by atoms with E-state index in [2.05, 4.69) is 20.1 Å². The molecule has 0 bridgehead atoms. The number of aromatic nitrogens is 1. The highest BCUT2D eigenvalue weighted by Crippen LogP contribution is 2.33. The summed E-state index contributed by atoms with van der Waals surface area (Å²) in [5.74, 6) is 0.0338. The molecule has 2 aliphatic heterocycles. The van der Waals surface area contributed by atoms with Crippen molar-refractivity contribution in [3.05, 3.63) is 47.5 Å². The SMILES string of the molecule is O=C(Nc1cc(Cl)ccc1N1CCCCC1)C1CCN(c2nc3ccccc3o2)CC1. The largest absolute Gasteiger partial charge is 0.423 e. The second kappa shape index (κ2) is 8.79. The normalized spacial score (nSPS) is 17.8. The lowest BCUT2D eigenvalue weighted by molar-refractivity contribution is -0.120. The molecule has 162 valence electrons. The van der Waals surface area contributed by atoms with E-state index in [4.69, 9.17) is 16.0 Å². The molecule has 0 saturated carbocycles. The quantitative estimate of drug-likeness (QED) is 0.596. The van der Waals surface area contributed by atoms with Crippen molar-refractivity contribution in [2.24, 2.45) is 5.92 Å². The fourth-order valence-corrected chi connectivity index (χ4v) is 4.75. The molecule has 1 N–H and O–H groups in total. The van der Waals surface area contributed by atoms with Gasteiger partial charge in [0.1, 0.15) is 5.52 Å². The molecule has 0 atom stereocenters. The maximum absolute atomic E-state index is 13.1. The molecule has 0 spiro atoms. The average Bonchev–Trinajstić information content (AvgIpc) is 3.24. The number of oxazole rings is 1. The Morgan fingerprint density at radius 2 is 1.77 bits per heavy atom. The third-order valence-corrected chi connectivity index (χ3v) is 6.57. The van der Waals surface area contributed by atoms with Gasteiger partial charge in [0.05, 0.1) is 11.4 Å². The van der Waals surface area contributed by atoms with Gasteiger partial charge in [-0.05, 0) is 62.4 Å². The van der Waals surface area contributed by atoms with Crippen LogP contribution in [0.2, 0.25) is 5.02 Å². The highest BCUT2D eigenvalue weighted by atomic mass is 35.5. The van der Waals surface area contributed by atoms with E-state index in [1.165, 1.54) is 19.3 Å². The van der Waals surface area contributed by atoms with E-state index in [0.29, 0.717) is 11.0 Å². The molecule has 0 unspecified atom stereocenters. The van der Waals surface area contributed by atoms with Crippen LogP contribution in [0.1, 0.15) is 32.1 Å². The Labute approximate surface area is 187 Å². The highest BCUT2D eigenvalue weighted by Gasteiger charge is 2.28. The van der Waals surface area contributed by atoms with Crippen LogP contribution in [0.15, 0.2) is 46.9 Å². The van der Waals surface area contributed by atoms with Gasteiger partial charge in [-0.2, -0.15) is 4.98 Å². The second-order valence-corrected chi connectivity index (χ2v) is 8.86. The summed E-state index contributed by atoms with van der Waals surface area (Å²) in [5, 5.41) is 3.81. The number of anilines is 3. The molecular weight excluding hydrogens is 412 g/mol. The minimum absolute atomic E-state index is 0.0335. The Hall–Kier alpha value is -2.73. The Morgan fingerprint density at radius 3 is 2.55 bits per heavy atom. The molecule has 31 heavy (non-hydrogen) atoms. The van der Waals surface area contributed by atoms with Crippen molar-refractivity contribution in [1.82, 2.24) is 4.98 Å². The molecule has 6 nitrogen and oxygen atoms in total. The minimum Gasteiger partial charge on any atom is -0.423 e. The van der Waals surface area contributed by atoms with Crippen LogP contribution in [0.4, 0.5) is 17.4 Å². The van der Waals surface area contributed by atoms with Crippen LogP contribution in [0, 0.1) is 5.92 Å². The van der Waals surface area contributed by atoms with Crippen molar-refractivity contribution in [3.63, 3.8) is 0 Å². The third kappa shape index (κ3) is 4.35. The first-order valence-corrected chi connectivity index (χ1v) is 11.5. The zero-order chi connectivity index (χ0) is 21.2. The van der Waals surface area contributed by atoms with Crippen molar-refractivity contribution in [2.75, 3.05) is 41.3 Å². The molecule has 3 aromatic rings. The Bertz CT molecular complexity index is 1040. The summed E-state index contributed by atoms with van der Waals surface area (Å²) in [5.41, 5.74) is 3.55. The van der Waals surface area contributed by atoms with E-state index in [-0.39, 0.29) is 11.8 Å². The van der Waals surface area contributed by atoms with Gasteiger partial charge in [0, 0.05) is 37.1 Å². The summed E-state index contributed by atoms with van der Waals surface area (Å²) in [6, 6.07) is 14.2. The number of nitrogens with one attached hydrogen (secondary N) is 1. The maximum Gasteiger partial charge on any atom is 0.298 e. The minimum atomic E-state index is -0.0335. The first kappa shape index (κ1) is 20.2. The van der Waals surface area contributed by atoms with Crippen LogP contribution in [0.5, 0.6) is 0 Å². The number of para-hydroxylation sites is 2. The van der Waals surface area contributed by atoms with Gasteiger partial charge >= 0.3 is 0 Å². The van der Waals surface area contributed by atoms with Gasteiger partial charge in [-0.15, -0.1) is 0 Å². The highest BCUT2D eigenvalue weighted by molar-refractivity contribution is 6.31. The van der Waals surface area contributed by atoms with Crippen LogP contribution in [0.25, 0.3) is 11.1 Å². The van der Waals surface area contributed by atoms with Crippen LogP contribution < -0.4 is 15.1 Å². The molecule has 2 aromatic carbocycles. The zero-order valence-electron chi connectivity index (χ0n) is 17.5. The van der Waals surface area contributed by atoms with Crippen LogP contribution in [-0.2, 0) is 4.79 Å². The van der Waals surface area contributed by atoms with Crippen molar-refractivity contribution in [3.8, 4) is 0 Å². The van der Waals surface area contributed by atoms with Gasteiger partial charge in [0.25, 0.3) is 6.01 Å². The molecule has 0 aliphatic carbocycles. The predicted octanol–water partition coefficient (Wildman–Crippen LogP) is 5.33. The number of hydrogen-bond donors (Lipinski definition) is 1. The second-order valence-electron chi connectivity index (χ2n) is 8.42. The van der Waals surface area contributed by atoms with Gasteiger partial charge in [-0.1, -0.05) is 23.7 Å². The van der Waals surface area contributed by atoms with Gasteiger partial charge in [-0.3, -0.25) is 4.79 Å². The van der Waals surface area contributed by atoms with E-state index in [1.807, 2.05) is 42.5 Å². The van der Waals surface area contributed by atoms with Crippen LogP contribution >= 0.6 is 11.6 Å². The van der Waals surface area contributed by atoms with Crippen molar-refractivity contribution < 1.29 is 9.21 Å². The van der Waals surface area contributed by atoms with E-state index in [0.717, 1.165) is 61.5 Å².